The second kappa shape index (κ2) is 8.07. The number of rotatable bonds is 6. The van der Waals surface area contributed by atoms with Gasteiger partial charge in [-0.3, -0.25) is 9.20 Å². The molecular formula is C22H18F3N3O2S. The molecule has 1 amide bonds. The van der Waals surface area contributed by atoms with Crippen LogP contribution in [-0.2, 0) is 17.4 Å². The Morgan fingerprint density at radius 3 is 2.71 bits per heavy atom. The number of amides is 1. The van der Waals surface area contributed by atoms with Crippen LogP contribution in [0.25, 0.3) is 16.2 Å². The summed E-state index contributed by atoms with van der Waals surface area (Å²) in [7, 11) is 0. The molecular weight excluding hydrogens is 427 g/mol. The standard InChI is InChI=1S/C22H18F3N3O2S/c1-13(14-6-2-3-7-15(14)22(23,24)25)30-17-10-18(31-19(17)11-20(26)29)16-12-27-21-8-4-5-9-28(16)21/h2-10,12-13H,11H2,1H3,(H2,26,29). The third kappa shape index (κ3) is 4.27. The fraction of sp³-hybridized carbons (Fsp3) is 0.182. The normalized spacial score (nSPS) is 12.8. The molecule has 4 rings (SSSR count). The molecule has 0 aliphatic heterocycles. The number of pyridine rings is 1. The van der Waals surface area contributed by atoms with Crippen molar-refractivity contribution in [2.45, 2.75) is 25.6 Å². The highest BCUT2D eigenvalue weighted by molar-refractivity contribution is 7.15. The van der Waals surface area contributed by atoms with Crippen molar-refractivity contribution in [3.63, 3.8) is 0 Å². The minimum Gasteiger partial charge on any atom is -0.485 e. The van der Waals surface area contributed by atoms with E-state index in [9.17, 15) is 18.0 Å². The lowest BCUT2D eigenvalue weighted by molar-refractivity contribution is -0.139. The van der Waals surface area contributed by atoms with Gasteiger partial charge in [-0.05, 0) is 25.1 Å². The van der Waals surface area contributed by atoms with Gasteiger partial charge < -0.3 is 10.5 Å². The van der Waals surface area contributed by atoms with Crippen molar-refractivity contribution in [3.8, 4) is 16.3 Å². The lowest BCUT2D eigenvalue weighted by atomic mass is 10.0. The van der Waals surface area contributed by atoms with E-state index >= 15 is 0 Å². The Morgan fingerprint density at radius 2 is 1.97 bits per heavy atom. The first-order chi connectivity index (χ1) is 14.7. The zero-order chi connectivity index (χ0) is 22.2. The van der Waals surface area contributed by atoms with Crippen LogP contribution >= 0.6 is 11.3 Å². The summed E-state index contributed by atoms with van der Waals surface area (Å²) in [5.74, 6) is -0.228. The van der Waals surface area contributed by atoms with Crippen molar-refractivity contribution >= 4 is 22.9 Å². The molecule has 0 aliphatic rings. The smallest absolute Gasteiger partial charge is 0.416 e. The first kappa shape index (κ1) is 20.9. The van der Waals surface area contributed by atoms with E-state index in [-0.39, 0.29) is 12.0 Å². The zero-order valence-electron chi connectivity index (χ0n) is 16.4. The van der Waals surface area contributed by atoms with Gasteiger partial charge in [-0.2, -0.15) is 13.2 Å². The highest BCUT2D eigenvalue weighted by Gasteiger charge is 2.34. The molecule has 0 aliphatic carbocycles. The molecule has 1 aromatic carbocycles. The first-order valence-corrected chi connectivity index (χ1v) is 10.2. The highest BCUT2D eigenvalue weighted by Crippen LogP contribution is 2.40. The fourth-order valence-corrected chi connectivity index (χ4v) is 4.51. The maximum Gasteiger partial charge on any atom is 0.416 e. The molecule has 2 N–H and O–H groups in total. The SMILES string of the molecule is CC(Oc1cc(-c2cnc3ccccn23)sc1CC(N)=O)c1ccccc1C(F)(F)F. The van der Waals surface area contributed by atoms with Crippen LogP contribution < -0.4 is 10.5 Å². The minimum atomic E-state index is -4.50. The quantitative estimate of drug-likeness (QED) is 0.441. The van der Waals surface area contributed by atoms with E-state index < -0.39 is 23.8 Å². The third-order valence-corrected chi connectivity index (χ3v) is 5.92. The maximum atomic E-state index is 13.4. The van der Waals surface area contributed by atoms with E-state index in [1.54, 1.807) is 19.2 Å². The Hall–Kier alpha value is -3.33. The molecule has 9 heteroatoms. The van der Waals surface area contributed by atoms with E-state index in [0.29, 0.717) is 10.6 Å². The van der Waals surface area contributed by atoms with Gasteiger partial charge in [0.15, 0.2) is 0 Å². The molecule has 0 saturated carbocycles. The molecule has 0 saturated heterocycles. The topological polar surface area (TPSA) is 69.6 Å². The molecule has 0 radical (unpaired) electrons. The van der Waals surface area contributed by atoms with Gasteiger partial charge in [0.05, 0.1) is 33.6 Å². The lowest BCUT2D eigenvalue weighted by Gasteiger charge is -2.19. The molecule has 1 unspecified atom stereocenters. The molecule has 0 bridgehead atoms. The number of primary amides is 1. The molecule has 5 nitrogen and oxygen atoms in total. The Balaban J connectivity index is 1.72. The summed E-state index contributed by atoms with van der Waals surface area (Å²) >= 11 is 1.30. The summed E-state index contributed by atoms with van der Waals surface area (Å²) in [6.45, 7) is 1.55. The molecule has 3 heterocycles. The van der Waals surface area contributed by atoms with Crippen LogP contribution in [0.2, 0.25) is 0 Å². The number of hydrogen-bond donors (Lipinski definition) is 1. The summed E-state index contributed by atoms with van der Waals surface area (Å²) in [6, 6.07) is 12.6. The number of alkyl halides is 3. The van der Waals surface area contributed by atoms with Gasteiger partial charge in [0.1, 0.15) is 17.5 Å². The van der Waals surface area contributed by atoms with E-state index in [4.69, 9.17) is 10.5 Å². The largest absolute Gasteiger partial charge is 0.485 e. The Bertz CT molecular complexity index is 1250. The summed E-state index contributed by atoms with van der Waals surface area (Å²) in [5, 5.41) is 0. The average Bonchev–Trinajstić information content (AvgIpc) is 3.31. The second-order valence-corrected chi connectivity index (χ2v) is 8.10. The van der Waals surface area contributed by atoms with Crippen molar-refractivity contribution in [2.75, 3.05) is 0 Å². The third-order valence-electron chi connectivity index (χ3n) is 4.78. The van der Waals surface area contributed by atoms with Crippen LogP contribution in [0.15, 0.2) is 60.9 Å². The van der Waals surface area contributed by atoms with E-state index in [1.807, 2.05) is 28.8 Å². The Morgan fingerprint density at radius 1 is 1.23 bits per heavy atom. The number of aromatic nitrogens is 2. The number of fused-ring (bicyclic) bond motifs is 1. The molecule has 160 valence electrons. The maximum absolute atomic E-state index is 13.4. The predicted octanol–water partition coefficient (Wildman–Crippen LogP) is 5.25. The number of carbonyl (C=O) groups excluding carboxylic acids is 1. The summed E-state index contributed by atoms with van der Waals surface area (Å²) < 4.78 is 48.1. The van der Waals surface area contributed by atoms with Gasteiger partial charge in [-0.15, -0.1) is 11.3 Å². The number of ether oxygens (including phenoxy) is 1. The van der Waals surface area contributed by atoms with Gasteiger partial charge in [0, 0.05) is 17.8 Å². The van der Waals surface area contributed by atoms with Crippen LogP contribution in [0.1, 0.15) is 29.0 Å². The van der Waals surface area contributed by atoms with Crippen molar-refractivity contribution in [1.82, 2.24) is 9.38 Å². The number of hydrogen-bond acceptors (Lipinski definition) is 4. The summed E-state index contributed by atoms with van der Waals surface area (Å²) in [5.41, 5.74) is 6.17. The van der Waals surface area contributed by atoms with Crippen molar-refractivity contribution in [2.24, 2.45) is 5.73 Å². The molecule has 0 spiro atoms. The number of thiophene rings is 1. The monoisotopic (exact) mass is 445 g/mol. The summed E-state index contributed by atoms with van der Waals surface area (Å²) in [4.78, 5) is 17.2. The van der Waals surface area contributed by atoms with Crippen LogP contribution in [-0.4, -0.2) is 15.3 Å². The summed E-state index contributed by atoms with van der Waals surface area (Å²) in [6.07, 6.45) is -1.92. The number of nitrogens with zero attached hydrogens (tertiary/aromatic N) is 2. The highest BCUT2D eigenvalue weighted by atomic mass is 32.1. The fourth-order valence-electron chi connectivity index (χ4n) is 3.40. The van der Waals surface area contributed by atoms with Crippen LogP contribution in [0.3, 0.4) is 0 Å². The number of halogens is 3. The van der Waals surface area contributed by atoms with Crippen LogP contribution in [0.4, 0.5) is 13.2 Å². The number of nitrogens with two attached hydrogens (primary N) is 1. The number of carbonyl (C=O) groups is 1. The minimum absolute atomic E-state index is 0.0163. The van der Waals surface area contributed by atoms with Gasteiger partial charge >= 0.3 is 6.18 Å². The number of benzene rings is 1. The van der Waals surface area contributed by atoms with E-state index in [0.717, 1.165) is 22.3 Å². The van der Waals surface area contributed by atoms with Gasteiger partial charge in [-0.1, -0.05) is 24.3 Å². The Labute approximate surface area is 179 Å². The van der Waals surface area contributed by atoms with Crippen LogP contribution in [0.5, 0.6) is 5.75 Å². The van der Waals surface area contributed by atoms with Gasteiger partial charge in [0.2, 0.25) is 5.91 Å². The zero-order valence-corrected chi connectivity index (χ0v) is 17.2. The van der Waals surface area contributed by atoms with Gasteiger partial charge in [-0.25, -0.2) is 4.98 Å². The average molecular weight is 445 g/mol. The van der Waals surface area contributed by atoms with Crippen molar-refractivity contribution in [3.05, 3.63) is 76.9 Å². The molecule has 31 heavy (non-hydrogen) atoms. The second-order valence-electron chi connectivity index (χ2n) is 6.96. The Kier molecular flexibility index (Phi) is 5.45. The predicted molar refractivity (Wildman–Crippen MR) is 112 cm³/mol. The molecule has 3 aromatic heterocycles. The first-order valence-electron chi connectivity index (χ1n) is 9.40. The van der Waals surface area contributed by atoms with Crippen LogP contribution in [0, 0.1) is 0 Å². The molecule has 1 atom stereocenters. The lowest BCUT2D eigenvalue weighted by Crippen LogP contribution is -2.15. The van der Waals surface area contributed by atoms with E-state index in [2.05, 4.69) is 4.98 Å². The van der Waals surface area contributed by atoms with Crippen molar-refractivity contribution in [1.29, 1.82) is 0 Å². The number of imidazole rings is 1. The van der Waals surface area contributed by atoms with E-state index in [1.165, 1.54) is 29.5 Å². The van der Waals surface area contributed by atoms with Crippen molar-refractivity contribution < 1.29 is 22.7 Å². The molecule has 4 aromatic rings. The molecule has 0 fully saturated rings. The van der Waals surface area contributed by atoms with Gasteiger partial charge in [0.25, 0.3) is 0 Å².